The van der Waals surface area contributed by atoms with Crippen LogP contribution in [-0.2, 0) is 4.79 Å². The van der Waals surface area contributed by atoms with Crippen molar-refractivity contribution in [3.05, 3.63) is 29.8 Å². The van der Waals surface area contributed by atoms with Crippen LogP contribution in [0.25, 0.3) is 0 Å². The molecule has 2 aliphatic rings. The second-order valence-corrected chi connectivity index (χ2v) is 7.85. The van der Waals surface area contributed by atoms with Crippen molar-refractivity contribution >= 4 is 36.4 Å². The molecule has 6 heteroatoms. The van der Waals surface area contributed by atoms with Crippen LogP contribution in [0, 0.1) is 11.8 Å². The van der Waals surface area contributed by atoms with Crippen LogP contribution in [0.5, 0.6) is 0 Å². The van der Waals surface area contributed by atoms with E-state index in [1.165, 1.54) is 36.9 Å². The van der Waals surface area contributed by atoms with Gasteiger partial charge in [0.05, 0.1) is 6.04 Å². The first-order valence-corrected chi connectivity index (χ1v) is 9.98. The maximum Gasteiger partial charge on any atom is 0.220 e. The molecule has 1 aromatic carbocycles. The number of piperidine rings is 1. The van der Waals surface area contributed by atoms with E-state index in [2.05, 4.69) is 53.6 Å². The van der Waals surface area contributed by atoms with Crippen LogP contribution < -0.4 is 15.5 Å². The average molecular weight is 416 g/mol. The Hall–Kier alpha value is -0.970. The zero-order valence-electron chi connectivity index (χ0n) is 16.6. The first kappa shape index (κ1) is 24.1. The Morgan fingerprint density at radius 2 is 1.85 bits per heavy atom. The van der Waals surface area contributed by atoms with Gasteiger partial charge in [0.15, 0.2) is 0 Å². The van der Waals surface area contributed by atoms with Gasteiger partial charge in [-0.05, 0) is 75.2 Å². The van der Waals surface area contributed by atoms with E-state index in [1.54, 1.807) is 0 Å². The van der Waals surface area contributed by atoms with E-state index in [9.17, 15) is 4.79 Å². The minimum atomic E-state index is 0. The van der Waals surface area contributed by atoms with Gasteiger partial charge in [-0.25, -0.2) is 0 Å². The van der Waals surface area contributed by atoms with Crippen LogP contribution in [0.2, 0.25) is 0 Å². The van der Waals surface area contributed by atoms with Crippen molar-refractivity contribution < 1.29 is 4.79 Å². The summed E-state index contributed by atoms with van der Waals surface area (Å²) in [5, 5.41) is 6.61. The van der Waals surface area contributed by atoms with Crippen LogP contribution in [-0.4, -0.2) is 32.1 Å². The molecule has 2 N–H and O–H groups in total. The van der Waals surface area contributed by atoms with Gasteiger partial charge < -0.3 is 15.5 Å². The van der Waals surface area contributed by atoms with Crippen LogP contribution in [0.3, 0.4) is 0 Å². The SMILES string of the molecule is CC(NC(=O)CC(C)C1CCNCC1)c1cccc(N2CCCC2)c1.Cl.Cl. The molecule has 0 saturated carbocycles. The topological polar surface area (TPSA) is 44.4 Å². The molecular formula is C21H35Cl2N3O. The Morgan fingerprint density at radius 3 is 2.52 bits per heavy atom. The summed E-state index contributed by atoms with van der Waals surface area (Å²) in [6.07, 6.45) is 5.60. The highest BCUT2D eigenvalue weighted by molar-refractivity contribution is 5.85. The number of nitrogens with zero attached hydrogens (tertiary/aromatic N) is 1. The van der Waals surface area contributed by atoms with Gasteiger partial charge in [0.1, 0.15) is 0 Å². The van der Waals surface area contributed by atoms with Crippen molar-refractivity contribution in [2.75, 3.05) is 31.1 Å². The molecule has 2 aliphatic heterocycles. The van der Waals surface area contributed by atoms with Gasteiger partial charge in [0.25, 0.3) is 0 Å². The summed E-state index contributed by atoms with van der Waals surface area (Å²) in [6.45, 7) is 8.81. The zero-order valence-corrected chi connectivity index (χ0v) is 18.2. The molecule has 2 saturated heterocycles. The monoisotopic (exact) mass is 415 g/mol. The first-order chi connectivity index (χ1) is 12.1. The third-order valence-corrected chi connectivity index (χ3v) is 5.91. The predicted molar refractivity (Wildman–Crippen MR) is 118 cm³/mol. The lowest BCUT2D eigenvalue weighted by molar-refractivity contribution is -0.123. The van der Waals surface area contributed by atoms with Crippen molar-refractivity contribution in [3.63, 3.8) is 0 Å². The molecule has 2 fully saturated rings. The summed E-state index contributed by atoms with van der Waals surface area (Å²) in [4.78, 5) is 14.9. The molecule has 27 heavy (non-hydrogen) atoms. The maximum atomic E-state index is 12.5. The van der Waals surface area contributed by atoms with Gasteiger partial charge in [-0.3, -0.25) is 4.79 Å². The highest BCUT2D eigenvalue weighted by Gasteiger charge is 2.23. The summed E-state index contributed by atoms with van der Waals surface area (Å²) >= 11 is 0. The van der Waals surface area contributed by atoms with E-state index >= 15 is 0 Å². The lowest BCUT2D eigenvalue weighted by Gasteiger charge is -2.28. The normalized spacial score (nSPS) is 19.6. The van der Waals surface area contributed by atoms with Gasteiger partial charge in [-0.15, -0.1) is 24.8 Å². The molecule has 154 valence electrons. The third kappa shape index (κ3) is 6.85. The molecule has 0 bridgehead atoms. The van der Waals surface area contributed by atoms with Gasteiger partial charge in [0.2, 0.25) is 5.91 Å². The highest BCUT2D eigenvalue weighted by atomic mass is 35.5. The summed E-state index contributed by atoms with van der Waals surface area (Å²) in [7, 11) is 0. The summed E-state index contributed by atoms with van der Waals surface area (Å²) in [5.41, 5.74) is 2.49. The molecule has 1 aromatic rings. The van der Waals surface area contributed by atoms with Crippen molar-refractivity contribution in [2.45, 2.75) is 52.0 Å². The number of rotatable bonds is 6. The molecule has 2 heterocycles. The second kappa shape index (κ2) is 11.8. The molecule has 2 atom stereocenters. The standard InChI is InChI=1S/C21H33N3O.2ClH/c1-16(18-8-10-22-11-9-18)14-21(25)23-17(2)19-6-5-7-20(15-19)24-12-3-4-13-24;;/h5-7,15-18,22H,3-4,8-14H2,1-2H3,(H,23,25);2*1H. The number of halogens is 2. The van der Waals surface area contributed by atoms with E-state index in [4.69, 9.17) is 0 Å². The average Bonchev–Trinajstić information content (AvgIpc) is 3.17. The van der Waals surface area contributed by atoms with Gasteiger partial charge in [-0.1, -0.05) is 19.1 Å². The van der Waals surface area contributed by atoms with Crippen molar-refractivity contribution in [3.8, 4) is 0 Å². The molecule has 0 radical (unpaired) electrons. The quantitative estimate of drug-likeness (QED) is 0.726. The summed E-state index contributed by atoms with van der Waals surface area (Å²) in [5.74, 6) is 1.33. The van der Waals surface area contributed by atoms with E-state index in [0.29, 0.717) is 18.3 Å². The van der Waals surface area contributed by atoms with Crippen molar-refractivity contribution in [1.82, 2.24) is 10.6 Å². The van der Waals surface area contributed by atoms with Gasteiger partial charge in [-0.2, -0.15) is 0 Å². The number of anilines is 1. The number of nitrogens with one attached hydrogen (secondary N) is 2. The van der Waals surface area contributed by atoms with Crippen molar-refractivity contribution in [2.24, 2.45) is 11.8 Å². The fourth-order valence-corrected chi connectivity index (χ4v) is 4.22. The molecule has 0 aliphatic carbocycles. The second-order valence-electron chi connectivity index (χ2n) is 7.85. The van der Waals surface area contributed by atoms with Crippen LogP contribution in [0.1, 0.15) is 57.6 Å². The van der Waals surface area contributed by atoms with Gasteiger partial charge >= 0.3 is 0 Å². The van der Waals surface area contributed by atoms with E-state index in [0.717, 1.165) is 26.2 Å². The largest absolute Gasteiger partial charge is 0.372 e. The van der Waals surface area contributed by atoms with Crippen LogP contribution in [0.4, 0.5) is 5.69 Å². The highest BCUT2D eigenvalue weighted by Crippen LogP contribution is 2.26. The van der Waals surface area contributed by atoms with Gasteiger partial charge in [0, 0.05) is 25.2 Å². The lowest BCUT2D eigenvalue weighted by atomic mass is 9.84. The minimum Gasteiger partial charge on any atom is -0.372 e. The molecular weight excluding hydrogens is 381 g/mol. The van der Waals surface area contributed by atoms with Crippen molar-refractivity contribution in [1.29, 1.82) is 0 Å². The molecule has 3 rings (SSSR count). The summed E-state index contributed by atoms with van der Waals surface area (Å²) < 4.78 is 0. The lowest BCUT2D eigenvalue weighted by Crippen LogP contribution is -2.34. The zero-order chi connectivity index (χ0) is 17.6. The number of benzene rings is 1. The number of carbonyl (C=O) groups excluding carboxylic acids is 1. The number of hydrogen-bond acceptors (Lipinski definition) is 3. The maximum absolute atomic E-state index is 12.5. The number of hydrogen-bond donors (Lipinski definition) is 2. The predicted octanol–water partition coefficient (Wildman–Crippen LogP) is 4.33. The fraction of sp³-hybridized carbons (Fsp3) is 0.667. The van der Waals surface area contributed by atoms with Crippen LogP contribution in [0.15, 0.2) is 24.3 Å². The molecule has 2 unspecified atom stereocenters. The minimum absolute atomic E-state index is 0. The smallest absolute Gasteiger partial charge is 0.220 e. The fourth-order valence-electron chi connectivity index (χ4n) is 4.22. The Morgan fingerprint density at radius 1 is 1.19 bits per heavy atom. The number of carbonyl (C=O) groups is 1. The Kier molecular flexibility index (Phi) is 10.5. The van der Waals surface area contributed by atoms with Crippen LogP contribution >= 0.6 is 24.8 Å². The van der Waals surface area contributed by atoms with E-state index < -0.39 is 0 Å². The third-order valence-electron chi connectivity index (χ3n) is 5.91. The summed E-state index contributed by atoms with van der Waals surface area (Å²) in [6, 6.07) is 8.73. The van der Waals surface area contributed by atoms with E-state index in [1.807, 2.05) is 0 Å². The Bertz CT molecular complexity index is 572. The molecule has 4 nitrogen and oxygen atoms in total. The molecule has 0 spiro atoms. The molecule has 1 amide bonds. The Labute approximate surface area is 176 Å². The van der Waals surface area contributed by atoms with E-state index in [-0.39, 0.29) is 36.8 Å². The number of amides is 1. The molecule has 0 aromatic heterocycles. The Balaban J connectivity index is 0.00000182. The first-order valence-electron chi connectivity index (χ1n) is 9.98.